The molecule has 0 amide bonds. The van der Waals surface area contributed by atoms with E-state index < -0.39 is 18.5 Å². The van der Waals surface area contributed by atoms with Gasteiger partial charge in [0.1, 0.15) is 11.8 Å². The van der Waals surface area contributed by atoms with Gasteiger partial charge in [-0.05, 0) is 26.3 Å². The molecule has 0 saturated carbocycles. The molecule has 24 heavy (non-hydrogen) atoms. The van der Waals surface area contributed by atoms with Gasteiger partial charge in [-0.25, -0.2) is 14.6 Å². The van der Waals surface area contributed by atoms with E-state index >= 15 is 0 Å². The number of esters is 2. The predicted octanol–water partition coefficient (Wildman–Crippen LogP) is 2.07. The molecule has 1 atom stereocenters. The van der Waals surface area contributed by atoms with E-state index in [1.165, 1.54) is 6.20 Å². The van der Waals surface area contributed by atoms with Gasteiger partial charge in [-0.1, -0.05) is 18.2 Å². The van der Waals surface area contributed by atoms with E-state index in [0.717, 1.165) is 5.57 Å². The highest BCUT2D eigenvalue weighted by Gasteiger charge is 2.24. The zero-order valence-electron chi connectivity index (χ0n) is 14.1. The van der Waals surface area contributed by atoms with Crippen LogP contribution in [0.3, 0.4) is 0 Å². The van der Waals surface area contributed by atoms with Crippen LogP contribution in [0.15, 0.2) is 36.3 Å². The lowest BCUT2D eigenvalue weighted by Crippen LogP contribution is -2.38. The summed E-state index contributed by atoms with van der Waals surface area (Å²) in [7, 11) is 0. The molecule has 1 saturated heterocycles. The second-order valence-corrected chi connectivity index (χ2v) is 5.38. The Morgan fingerprint density at radius 3 is 2.79 bits per heavy atom. The predicted molar refractivity (Wildman–Crippen MR) is 86.5 cm³/mol. The van der Waals surface area contributed by atoms with Crippen molar-refractivity contribution < 1.29 is 23.8 Å². The fourth-order valence-corrected chi connectivity index (χ4v) is 2.30. The van der Waals surface area contributed by atoms with Gasteiger partial charge in [-0.2, -0.15) is 0 Å². The van der Waals surface area contributed by atoms with Gasteiger partial charge >= 0.3 is 11.9 Å². The summed E-state index contributed by atoms with van der Waals surface area (Å²) < 4.78 is 16.7. The van der Waals surface area contributed by atoms with Gasteiger partial charge in [-0.3, -0.25) is 0 Å². The molecule has 1 aliphatic rings. The number of hydrogen-bond donors (Lipinski definition) is 0. The SMILES string of the molecule is CC=CC(=CC)C(C)n1cncc1C(=O)OCC(=O)OC1COC1. The van der Waals surface area contributed by atoms with Crippen molar-refractivity contribution in [2.24, 2.45) is 0 Å². The van der Waals surface area contributed by atoms with Crippen LogP contribution in [0.2, 0.25) is 0 Å². The number of allylic oxidation sites excluding steroid dienone is 4. The Hall–Kier alpha value is -2.41. The third-order valence-electron chi connectivity index (χ3n) is 3.69. The minimum atomic E-state index is -0.614. The molecule has 7 nitrogen and oxygen atoms in total. The highest BCUT2D eigenvalue weighted by Crippen LogP contribution is 2.21. The summed E-state index contributed by atoms with van der Waals surface area (Å²) in [5.41, 5.74) is 1.32. The Balaban J connectivity index is 1.97. The van der Waals surface area contributed by atoms with Gasteiger partial charge in [0.15, 0.2) is 6.61 Å². The summed E-state index contributed by atoms with van der Waals surface area (Å²) in [6.07, 6.45) is 8.63. The zero-order valence-corrected chi connectivity index (χ0v) is 14.1. The molecule has 2 heterocycles. The van der Waals surface area contributed by atoms with Gasteiger partial charge in [0.25, 0.3) is 0 Å². The Bertz CT molecular complexity index is 643. The van der Waals surface area contributed by atoms with Crippen LogP contribution in [0.5, 0.6) is 0 Å². The molecule has 0 N–H and O–H groups in total. The van der Waals surface area contributed by atoms with Gasteiger partial charge in [-0.15, -0.1) is 0 Å². The molecule has 1 aliphatic heterocycles. The topological polar surface area (TPSA) is 79.7 Å². The molecule has 0 spiro atoms. The van der Waals surface area contributed by atoms with Gasteiger partial charge in [0, 0.05) is 0 Å². The minimum absolute atomic E-state index is 0.0877. The quantitative estimate of drug-likeness (QED) is 0.561. The van der Waals surface area contributed by atoms with Gasteiger partial charge < -0.3 is 18.8 Å². The average molecular weight is 334 g/mol. The van der Waals surface area contributed by atoms with Crippen LogP contribution in [0.4, 0.5) is 0 Å². The number of hydrogen-bond acceptors (Lipinski definition) is 6. The third kappa shape index (κ3) is 4.32. The summed E-state index contributed by atoms with van der Waals surface area (Å²) in [6, 6.07) is -0.0877. The first-order valence-corrected chi connectivity index (χ1v) is 7.81. The fraction of sp³-hybridized carbons (Fsp3) is 0.471. The third-order valence-corrected chi connectivity index (χ3v) is 3.69. The maximum absolute atomic E-state index is 12.2. The molecule has 1 unspecified atom stereocenters. The van der Waals surface area contributed by atoms with Gasteiger partial charge in [0.2, 0.25) is 0 Å². The van der Waals surface area contributed by atoms with E-state index in [9.17, 15) is 9.59 Å². The van der Waals surface area contributed by atoms with Crippen molar-refractivity contribution in [3.05, 3.63) is 42.0 Å². The number of aromatic nitrogens is 2. The maximum Gasteiger partial charge on any atom is 0.357 e. The number of imidazole rings is 1. The highest BCUT2D eigenvalue weighted by molar-refractivity contribution is 5.89. The Labute approximate surface area is 140 Å². The van der Waals surface area contributed by atoms with Crippen LogP contribution < -0.4 is 0 Å². The number of nitrogens with zero attached hydrogens (tertiary/aromatic N) is 2. The first-order valence-electron chi connectivity index (χ1n) is 7.81. The molecule has 2 rings (SSSR count). The Kier molecular flexibility index (Phi) is 6.31. The van der Waals surface area contributed by atoms with Crippen molar-refractivity contribution in [2.45, 2.75) is 32.9 Å². The van der Waals surface area contributed by atoms with Crippen molar-refractivity contribution in [3.63, 3.8) is 0 Å². The van der Waals surface area contributed by atoms with Crippen LogP contribution in [0.25, 0.3) is 0 Å². The number of ether oxygens (including phenoxy) is 3. The Morgan fingerprint density at radius 2 is 2.21 bits per heavy atom. The van der Waals surface area contributed by atoms with E-state index in [1.54, 1.807) is 10.9 Å². The van der Waals surface area contributed by atoms with Crippen LogP contribution >= 0.6 is 0 Å². The monoisotopic (exact) mass is 334 g/mol. The standard InChI is InChI=1S/C17H22N2O5/c1-4-6-13(5-2)12(3)19-11-18-7-15(19)17(21)23-10-16(20)24-14-8-22-9-14/h4-7,11-12,14H,8-10H2,1-3H3. The first-order chi connectivity index (χ1) is 11.6. The molecule has 1 aromatic rings. The molecule has 0 aliphatic carbocycles. The zero-order chi connectivity index (χ0) is 17.5. The maximum atomic E-state index is 12.2. The second kappa shape index (κ2) is 8.44. The largest absolute Gasteiger partial charge is 0.455 e. The lowest BCUT2D eigenvalue weighted by atomic mass is 10.1. The van der Waals surface area contributed by atoms with Crippen molar-refractivity contribution in [1.82, 2.24) is 9.55 Å². The van der Waals surface area contributed by atoms with Crippen molar-refractivity contribution >= 4 is 11.9 Å². The molecular formula is C17H22N2O5. The molecule has 0 bridgehead atoms. The van der Waals surface area contributed by atoms with E-state index in [1.807, 2.05) is 39.0 Å². The van der Waals surface area contributed by atoms with Crippen LogP contribution in [0.1, 0.15) is 37.3 Å². The molecule has 7 heteroatoms. The summed E-state index contributed by atoms with van der Waals surface area (Å²) in [6.45, 7) is 6.17. The minimum Gasteiger partial charge on any atom is -0.455 e. The van der Waals surface area contributed by atoms with Crippen LogP contribution in [-0.2, 0) is 19.0 Å². The van der Waals surface area contributed by atoms with Crippen molar-refractivity contribution in [1.29, 1.82) is 0 Å². The number of rotatable bonds is 7. The second-order valence-electron chi connectivity index (χ2n) is 5.38. The number of carbonyl (C=O) groups excluding carboxylic acids is 2. The Morgan fingerprint density at radius 1 is 1.46 bits per heavy atom. The molecular weight excluding hydrogens is 312 g/mol. The lowest BCUT2D eigenvalue weighted by molar-refractivity contribution is -0.175. The van der Waals surface area contributed by atoms with Gasteiger partial charge in [0.05, 0.1) is 31.8 Å². The van der Waals surface area contributed by atoms with Crippen LogP contribution in [0, 0.1) is 0 Å². The van der Waals surface area contributed by atoms with Crippen LogP contribution in [-0.4, -0.2) is 47.4 Å². The molecule has 130 valence electrons. The highest BCUT2D eigenvalue weighted by atomic mass is 16.6. The molecule has 0 aromatic carbocycles. The van der Waals surface area contributed by atoms with E-state index in [4.69, 9.17) is 14.2 Å². The average Bonchev–Trinajstić information content (AvgIpc) is 3.02. The summed E-state index contributed by atoms with van der Waals surface area (Å²) in [5.74, 6) is -1.20. The lowest BCUT2D eigenvalue weighted by Gasteiger charge is -2.25. The molecule has 1 aromatic heterocycles. The molecule has 1 fully saturated rings. The van der Waals surface area contributed by atoms with Crippen molar-refractivity contribution in [2.75, 3.05) is 19.8 Å². The van der Waals surface area contributed by atoms with Crippen molar-refractivity contribution in [3.8, 4) is 0 Å². The van der Waals surface area contributed by atoms with E-state index in [-0.39, 0.29) is 17.8 Å². The van der Waals surface area contributed by atoms with E-state index in [0.29, 0.717) is 13.2 Å². The smallest absolute Gasteiger partial charge is 0.357 e. The summed E-state index contributed by atoms with van der Waals surface area (Å²) in [4.78, 5) is 27.8. The molecule has 0 radical (unpaired) electrons. The van der Waals surface area contributed by atoms with E-state index in [2.05, 4.69) is 4.98 Å². The normalized spacial score (nSPS) is 16.7. The first kappa shape index (κ1) is 17.9. The number of carbonyl (C=O) groups is 2. The fourth-order valence-electron chi connectivity index (χ4n) is 2.30. The summed E-state index contributed by atoms with van der Waals surface area (Å²) in [5, 5.41) is 0. The summed E-state index contributed by atoms with van der Waals surface area (Å²) >= 11 is 0.